The second-order valence-electron chi connectivity index (χ2n) is 33.7. The van der Waals surface area contributed by atoms with Crippen molar-refractivity contribution in [2.75, 3.05) is 0 Å². The molecular weight excluding hydrogens is 1590 g/mol. The lowest BCUT2D eigenvalue weighted by molar-refractivity contribution is 0.672. The Morgan fingerprint density at radius 2 is 0.426 bits per heavy atom. The maximum Gasteiger partial charge on any atom is 0.145 e. The van der Waals surface area contributed by atoms with Crippen LogP contribution in [-0.2, 0) is 0 Å². The van der Waals surface area contributed by atoms with Crippen LogP contribution >= 0.6 is 11.3 Å². The van der Waals surface area contributed by atoms with E-state index >= 15 is 0 Å². The van der Waals surface area contributed by atoms with E-state index in [0.29, 0.717) is 0 Å². The first kappa shape index (κ1) is 72.5. The molecule has 0 bridgehead atoms. The highest BCUT2D eigenvalue weighted by Crippen LogP contribution is 2.48. The van der Waals surface area contributed by atoms with Gasteiger partial charge in [0.1, 0.15) is 22.3 Å². The van der Waals surface area contributed by atoms with E-state index in [9.17, 15) is 0 Å². The molecule has 29 aromatic rings. The monoisotopic (exact) mass is 1660 g/mol. The first-order chi connectivity index (χ1) is 64.0. The maximum atomic E-state index is 6.49. The number of hydrogen-bond acceptors (Lipinski definition) is 3. The fourth-order valence-corrected chi connectivity index (χ4v) is 22.4. The van der Waals surface area contributed by atoms with E-state index in [4.69, 9.17) is 8.83 Å². The lowest BCUT2D eigenvalue weighted by atomic mass is 10.0. The summed E-state index contributed by atoms with van der Waals surface area (Å²) in [6.07, 6.45) is 0. The lowest BCUT2D eigenvalue weighted by Gasteiger charge is -2.10. The van der Waals surface area contributed by atoms with Gasteiger partial charge in [0.25, 0.3) is 0 Å². The van der Waals surface area contributed by atoms with Gasteiger partial charge in [0, 0.05) is 130 Å². The highest BCUT2D eigenvalue weighted by Gasteiger charge is 2.25. The van der Waals surface area contributed by atoms with Gasteiger partial charge in [0.2, 0.25) is 0 Å². The average molecular weight is 1660 g/mol. The molecule has 0 saturated carbocycles. The molecular formula is C120H74N6O2S. The fraction of sp³-hybridized carbons (Fsp3) is 0. The number of rotatable bonds is 8. The van der Waals surface area contributed by atoms with Gasteiger partial charge in [-0.15, -0.1) is 11.3 Å². The van der Waals surface area contributed by atoms with Crippen LogP contribution in [0, 0.1) is 0 Å². The number of benzene rings is 20. The van der Waals surface area contributed by atoms with Gasteiger partial charge in [0.05, 0.1) is 77.0 Å². The summed E-state index contributed by atoms with van der Waals surface area (Å²) in [4.78, 5) is 0. The molecule has 0 unspecified atom stereocenters. The van der Waals surface area contributed by atoms with E-state index < -0.39 is 0 Å². The van der Waals surface area contributed by atoms with Crippen LogP contribution in [0.1, 0.15) is 0 Å². The zero-order valence-corrected chi connectivity index (χ0v) is 70.4. The summed E-state index contributed by atoms with van der Waals surface area (Å²) in [5.74, 6) is 0. The topological polar surface area (TPSA) is 55.9 Å². The Kier molecular flexibility index (Phi) is 16.2. The minimum atomic E-state index is 0.921. The van der Waals surface area contributed by atoms with Crippen molar-refractivity contribution >= 4 is 206 Å². The molecule has 0 aliphatic heterocycles. The fourth-order valence-electron chi connectivity index (χ4n) is 21.1. The van der Waals surface area contributed by atoms with Crippen molar-refractivity contribution in [3.63, 3.8) is 0 Å². The summed E-state index contributed by atoms with van der Waals surface area (Å²) < 4.78 is 29.9. The van der Waals surface area contributed by atoms with Crippen LogP contribution in [0.4, 0.5) is 0 Å². The standard InChI is InChI=1S/C42H26N2O.C42H26N2S.C36H22N2O/c2*1-2-10-29(11-3-1)43-36-15-7-4-12-31(36)35-26-28(20-24-38(35)43)27-18-21-30(22-19-27)44-37-16-8-5-14-34(37)41-39(44)25-23-33-32-13-6-9-17-40(32)45-42(33)41;1-2-10-23(11-3-1)37-30-15-7-4-12-25(30)29-22-24(18-20-32(29)37)38-31-16-8-5-14-28(31)35-33(38)21-19-27-26-13-6-9-17-34(26)39-36(27)35/h2*1-26H;1-22H. The molecule has 9 heterocycles. The number of nitrogens with zero attached hydrogens (tertiary/aromatic N) is 6. The maximum absolute atomic E-state index is 6.49. The van der Waals surface area contributed by atoms with Gasteiger partial charge in [-0.05, 0) is 210 Å². The van der Waals surface area contributed by atoms with E-state index in [2.05, 4.69) is 464 Å². The molecule has 0 fully saturated rings. The second-order valence-corrected chi connectivity index (χ2v) is 34.7. The van der Waals surface area contributed by atoms with Gasteiger partial charge in [-0.2, -0.15) is 0 Å². The molecule has 9 aromatic heterocycles. The number of aromatic nitrogens is 6. The van der Waals surface area contributed by atoms with E-state index in [1.807, 2.05) is 23.5 Å². The zero-order chi connectivity index (χ0) is 84.5. The molecule has 20 aromatic carbocycles. The Morgan fingerprint density at radius 3 is 0.853 bits per heavy atom. The number of furan rings is 2. The van der Waals surface area contributed by atoms with Crippen LogP contribution in [-0.4, -0.2) is 27.4 Å². The molecule has 0 radical (unpaired) electrons. The zero-order valence-electron chi connectivity index (χ0n) is 69.6. The highest BCUT2D eigenvalue weighted by molar-refractivity contribution is 7.26. The molecule has 0 saturated heterocycles. The largest absolute Gasteiger partial charge is 0.455 e. The minimum Gasteiger partial charge on any atom is -0.455 e. The second kappa shape index (κ2) is 28.8. The molecule has 9 heteroatoms. The molecule has 129 heavy (non-hydrogen) atoms. The SMILES string of the molecule is c1ccc(-n2c3ccccc3c3cc(-c4ccc(-n5c6ccccc6c6c7oc8ccccc8c7ccc65)cc4)ccc32)cc1.c1ccc(-n2c3ccccc3c3cc(-c4ccc(-n5c6ccccc6c6c7sc8ccccc8c7ccc65)cc4)ccc32)cc1.c1ccc(-n2c3ccccc3c3cc(-n4c5ccccc5c5c6oc7ccccc7c6ccc54)ccc32)cc1. The Bertz CT molecular complexity index is 9240. The molecule has 602 valence electrons. The Morgan fingerprint density at radius 1 is 0.155 bits per heavy atom. The minimum absolute atomic E-state index is 0.921. The van der Waals surface area contributed by atoms with Crippen LogP contribution in [0.3, 0.4) is 0 Å². The van der Waals surface area contributed by atoms with Crippen molar-refractivity contribution in [2.24, 2.45) is 0 Å². The molecule has 0 atom stereocenters. The van der Waals surface area contributed by atoms with Crippen LogP contribution in [0.2, 0.25) is 0 Å². The third kappa shape index (κ3) is 11.1. The Hall–Kier alpha value is -17.0. The van der Waals surface area contributed by atoms with Crippen molar-refractivity contribution in [2.45, 2.75) is 0 Å². The molecule has 0 N–H and O–H groups in total. The van der Waals surface area contributed by atoms with Crippen molar-refractivity contribution in [3.05, 3.63) is 449 Å². The number of para-hydroxylation sites is 11. The summed E-state index contributed by atoms with van der Waals surface area (Å²) in [6, 6.07) is 162. The van der Waals surface area contributed by atoms with Gasteiger partial charge in [-0.1, -0.05) is 261 Å². The van der Waals surface area contributed by atoms with E-state index in [1.165, 1.54) is 174 Å². The smallest absolute Gasteiger partial charge is 0.145 e. The number of thiophene rings is 1. The first-order valence-corrected chi connectivity index (χ1v) is 44.8. The van der Waals surface area contributed by atoms with Gasteiger partial charge in [0.15, 0.2) is 0 Å². The third-order valence-corrected chi connectivity index (χ3v) is 28.0. The van der Waals surface area contributed by atoms with Gasteiger partial charge < -0.3 is 36.2 Å². The normalized spacial score (nSPS) is 12.0. The number of fused-ring (bicyclic) bond motifs is 30. The Balaban J connectivity index is 0.000000100. The summed E-state index contributed by atoms with van der Waals surface area (Å²) in [6.45, 7) is 0. The van der Waals surface area contributed by atoms with E-state index in [-0.39, 0.29) is 0 Å². The van der Waals surface area contributed by atoms with Crippen LogP contribution < -0.4 is 0 Å². The van der Waals surface area contributed by atoms with Gasteiger partial charge >= 0.3 is 0 Å². The first-order valence-electron chi connectivity index (χ1n) is 44.0. The Labute approximate surface area is 742 Å². The van der Waals surface area contributed by atoms with Crippen molar-refractivity contribution in [1.29, 1.82) is 0 Å². The highest BCUT2D eigenvalue weighted by atomic mass is 32.1. The van der Waals surface area contributed by atoms with Crippen molar-refractivity contribution in [3.8, 4) is 56.4 Å². The molecule has 0 aliphatic rings. The van der Waals surface area contributed by atoms with Gasteiger partial charge in [-0.3, -0.25) is 0 Å². The predicted octanol–water partition coefficient (Wildman–Crippen LogP) is 33.1. The van der Waals surface area contributed by atoms with Crippen molar-refractivity contribution in [1.82, 2.24) is 27.4 Å². The van der Waals surface area contributed by atoms with Gasteiger partial charge in [-0.25, -0.2) is 0 Å². The summed E-state index contributed by atoms with van der Waals surface area (Å²) in [7, 11) is 0. The molecule has 0 aliphatic carbocycles. The molecule has 0 amide bonds. The molecule has 0 spiro atoms. The van der Waals surface area contributed by atoms with E-state index in [1.54, 1.807) is 0 Å². The third-order valence-electron chi connectivity index (χ3n) is 26.8. The molecule has 8 nitrogen and oxygen atoms in total. The lowest BCUT2D eigenvalue weighted by Crippen LogP contribution is -1.95. The summed E-state index contributed by atoms with van der Waals surface area (Å²) >= 11 is 1.90. The van der Waals surface area contributed by atoms with Crippen LogP contribution in [0.15, 0.2) is 458 Å². The van der Waals surface area contributed by atoms with Crippen LogP contribution in [0.5, 0.6) is 0 Å². The predicted molar refractivity (Wildman–Crippen MR) is 544 cm³/mol. The summed E-state index contributed by atoms with van der Waals surface area (Å²) in [5.41, 5.74) is 29.9. The molecule has 29 rings (SSSR count). The number of hydrogen-bond donors (Lipinski definition) is 0. The quantitative estimate of drug-likeness (QED) is 0.152. The average Bonchev–Trinajstić information content (AvgIpc) is 1.56. The van der Waals surface area contributed by atoms with E-state index in [0.717, 1.165) is 77.1 Å². The van der Waals surface area contributed by atoms with Crippen molar-refractivity contribution < 1.29 is 8.83 Å². The summed E-state index contributed by atoms with van der Waals surface area (Å²) in [5, 5.41) is 22.2. The van der Waals surface area contributed by atoms with Crippen LogP contribution in [0.25, 0.3) is 251 Å².